The standard InChI is InChI=1S/C8H10.C6H6O/c1-7-4-3-5-8(2)6-7;7-6-4-2-1-3-5-6/h3-6H,1-2H3;1-5,7H. The topological polar surface area (TPSA) is 20.2 Å². The molecule has 1 nitrogen and oxygen atoms in total. The third-order valence-electron chi connectivity index (χ3n) is 1.93. The van der Waals surface area contributed by atoms with Crippen molar-refractivity contribution in [3.63, 3.8) is 0 Å². The molecule has 0 spiro atoms. The Kier molecular flexibility index (Phi) is 4.42. The fraction of sp³-hybridized carbons (Fsp3) is 0.143. The van der Waals surface area contributed by atoms with Gasteiger partial charge in [-0.15, -0.1) is 0 Å². The molecule has 0 unspecified atom stereocenters. The molecule has 0 aliphatic heterocycles. The van der Waals surface area contributed by atoms with E-state index in [2.05, 4.69) is 38.1 Å². The number of hydrogen-bond acceptors (Lipinski definition) is 1. The van der Waals surface area contributed by atoms with Crippen molar-refractivity contribution in [2.24, 2.45) is 0 Å². The maximum Gasteiger partial charge on any atom is 0.115 e. The number of hydrogen-bond donors (Lipinski definition) is 1. The molecule has 78 valence electrons. The van der Waals surface area contributed by atoms with Crippen molar-refractivity contribution in [3.05, 3.63) is 65.7 Å². The Labute approximate surface area is 91.0 Å². The summed E-state index contributed by atoms with van der Waals surface area (Å²) in [6, 6.07) is 17.2. The second-order valence-corrected chi connectivity index (χ2v) is 3.49. The molecule has 15 heavy (non-hydrogen) atoms. The summed E-state index contributed by atoms with van der Waals surface area (Å²) >= 11 is 0. The van der Waals surface area contributed by atoms with Crippen molar-refractivity contribution in [2.45, 2.75) is 13.8 Å². The van der Waals surface area contributed by atoms with Gasteiger partial charge in [-0.3, -0.25) is 0 Å². The Balaban J connectivity index is 0.000000151. The van der Waals surface area contributed by atoms with Crippen molar-refractivity contribution in [1.82, 2.24) is 0 Å². The van der Waals surface area contributed by atoms with E-state index in [1.165, 1.54) is 11.1 Å². The highest BCUT2D eigenvalue weighted by Crippen LogP contribution is 2.02. The Morgan fingerprint density at radius 3 is 1.53 bits per heavy atom. The molecule has 1 heteroatoms. The highest BCUT2D eigenvalue weighted by Gasteiger charge is 1.80. The van der Waals surface area contributed by atoms with Crippen molar-refractivity contribution in [2.75, 3.05) is 0 Å². The normalized spacial score (nSPS) is 8.93. The van der Waals surface area contributed by atoms with E-state index in [0.717, 1.165) is 0 Å². The lowest BCUT2D eigenvalue weighted by atomic mass is 10.2. The molecule has 2 rings (SSSR count). The summed E-state index contributed by atoms with van der Waals surface area (Å²) in [5.74, 6) is 0.322. The van der Waals surface area contributed by atoms with Gasteiger partial charge in [-0.1, -0.05) is 53.6 Å². The van der Waals surface area contributed by atoms with E-state index in [-0.39, 0.29) is 0 Å². The van der Waals surface area contributed by atoms with E-state index in [0.29, 0.717) is 5.75 Å². The van der Waals surface area contributed by atoms with Crippen LogP contribution in [0.15, 0.2) is 54.6 Å². The Hall–Kier alpha value is -1.76. The molecule has 0 atom stereocenters. The van der Waals surface area contributed by atoms with Crippen molar-refractivity contribution in [1.29, 1.82) is 0 Å². The first-order valence-electron chi connectivity index (χ1n) is 4.96. The van der Waals surface area contributed by atoms with Crippen LogP contribution in [0.4, 0.5) is 0 Å². The van der Waals surface area contributed by atoms with E-state index < -0.39 is 0 Å². The Bertz CT molecular complexity index is 376. The maximum atomic E-state index is 8.63. The van der Waals surface area contributed by atoms with Gasteiger partial charge >= 0.3 is 0 Å². The highest BCUT2D eigenvalue weighted by atomic mass is 16.3. The van der Waals surface area contributed by atoms with Crippen LogP contribution in [-0.4, -0.2) is 5.11 Å². The van der Waals surface area contributed by atoms with E-state index in [4.69, 9.17) is 5.11 Å². The molecule has 0 aliphatic carbocycles. The third-order valence-corrected chi connectivity index (χ3v) is 1.93. The van der Waals surface area contributed by atoms with Crippen LogP contribution < -0.4 is 0 Å². The van der Waals surface area contributed by atoms with Crippen LogP contribution in [0.2, 0.25) is 0 Å². The van der Waals surface area contributed by atoms with Crippen LogP contribution in [0, 0.1) is 13.8 Å². The van der Waals surface area contributed by atoms with Gasteiger partial charge in [0.25, 0.3) is 0 Å². The van der Waals surface area contributed by atoms with Crippen LogP contribution in [0.25, 0.3) is 0 Å². The van der Waals surface area contributed by atoms with E-state index in [1.807, 2.05) is 6.07 Å². The number of rotatable bonds is 0. The molecule has 0 aliphatic rings. The number of aryl methyl sites for hydroxylation is 2. The lowest BCUT2D eigenvalue weighted by Gasteiger charge is -1.90. The first kappa shape index (κ1) is 11.3. The van der Waals surface area contributed by atoms with E-state index in [9.17, 15) is 0 Å². The third kappa shape index (κ3) is 4.87. The minimum Gasteiger partial charge on any atom is -0.508 e. The predicted molar refractivity (Wildman–Crippen MR) is 64.0 cm³/mol. The fourth-order valence-corrected chi connectivity index (χ4v) is 1.24. The summed E-state index contributed by atoms with van der Waals surface area (Å²) in [6.45, 7) is 4.21. The molecule has 1 N–H and O–H groups in total. The van der Waals surface area contributed by atoms with Gasteiger partial charge in [0.05, 0.1) is 0 Å². The summed E-state index contributed by atoms with van der Waals surface area (Å²) in [5, 5.41) is 8.63. The average Bonchev–Trinajstić information content (AvgIpc) is 2.19. The van der Waals surface area contributed by atoms with Gasteiger partial charge in [0.1, 0.15) is 5.75 Å². The molecule has 2 aromatic carbocycles. The fourth-order valence-electron chi connectivity index (χ4n) is 1.24. The zero-order valence-corrected chi connectivity index (χ0v) is 9.14. The lowest BCUT2D eigenvalue weighted by Crippen LogP contribution is -1.71. The second-order valence-electron chi connectivity index (χ2n) is 3.49. The van der Waals surface area contributed by atoms with Gasteiger partial charge in [-0.05, 0) is 26.0 Å². The van der Waals surface area contributed by atoms with E-state index in [1.54, 1.807) is 24.3 Å². The first-order chi connectivity index (χ1) is 7.18. The molecule has 0 amide bonds. The minimum absolute atomic E-state index is 0.322. The molecular formula is C14H16O. The quantitative estimate of drug-likeness (QED) is 0.687. The van der Waals surface area contributed by atoms with Gasteiger partial charge < -0.3 is 5.11 Å². The largest absolute Gasteiger partial charge is 0.508 e. The molecule has 0 aromatic heterocycles. The summed E-state index contributed by atoms with van der Waals surface area (Å²) in [5.41, 5.74) is 2.68. The van der Waals surface area contributed by atoms with Gasteiger partial charge in [-0.2, -0.15) is 0 Å². The first-order valence-corrected chi connectivity index (χ1v) is 4.96. The van der Waals surface area contributed by atoms with Crippen molar-refractivity contribution >= 4 is 0 Å². The van der Waals surface area contributed by atoms with Gasteiger partial charge in [0, 0.05) is 0 Å². The SMILES string of the molecule is Cc1cccc(C)c1.Oc1ccccc1. The van der Waals surface area contributed by atoms with Gasteiger partial charge in [-0.25, -0.2) is 0 Å². The summed E-state index contributed by atoms with van der Waals surface area (Å²) in [4.78, 5) is 0. The Morgan fingerprint density at radius 2 is 1.27 bits per heavy atom. The van der Waals surface area contributed by atoms with Crippen molar-refractivity contribution < 1.29 is 5.11 Å². The molecule has 0 saturated carbocycles. The number of benzene rings is 2. The number of phenols is 1. The molecule has 0 saturated heterocycles. The zero-order valence-electron chi connectivity index (χ0n) is 9.14. The average molecular weight is 200 g/mol. The molecule has 2 aromatic rings. The number of phenolic OH excluding ortho intramolecular Hbond substituents is 1. The minimum atomic E-state index is 0.322. The zero-order chi connectivity index (χ0) is 11.1. The number of para-hydroxylation sites is 1. The maximum absolute atomic E-state index is 8.63. The molecular weight excluding hydrogens is 184 g/mol. The summed E-state index contributed by atoms with van der Waals surface area (Å²) < 4.78 is 0. The van der Waals surface area contributed by atoms with Crippen LogP contribution in [0.1, 0.15) is 11.1 Å². The predicted octanol–water partition coefficient (Wildman–Crippen LogP) is 3.70. The molecule has 0 radical (unpaired) electrons. The van der Waals surface area contributed by atoms with E-state index >= 15 is 0 Å². The Morgan fingerprint density at radius 1 is 0.733 bits per heavy atom. The molecule has 0 bridgehead atoms. The lowest BCUT2D eigenvalue weighted by molar-refractivity contribution is 0.475. The highest BCUT2D eigenvalue weighted by molar-refractivity contribution is 5.20. The van der Waals surface area contributed by atoms with Gasteiger partial charge in [0.2, 0.25) is 0 Å². The second kappa shape index (κ2) is 5.86. The molecule has 0 heterocycles. The summed E-state index contributed by atoms with van der Waals surface area (Å²) in [6.07, 6.45) is 0. The van der Waals surface area contributed by atoms with Crippen LogP contribution in [-0.2, 0) is 0 Å². The van der Waals surface area contributed by atoms with Gasteiger partial charge in [0.15, 0.2) is 0 Å². The van der Waals surface area contributed by atoms with Crippen molar-refractivity contribution in [3.8, 4) is 5.75 Å². The van der Waals surface area contributed by atoms with Crippen LogP contribution >= 0.6 is 0 Å². The monoisotopic (exact) mass is 200 g/mol. The summed E-state index contributed by atoms with van der Waals surface area (Å²) in [7, 11) is 0. The van der Waals surface area contributed by atoms with Crippen LogP contribution in [0.3, 0.4) is 0 Å². The number of aromatic hydroxyl groups is 1. The smallest absolute Gasteiger partial charge is 0.115 e. The van der Waals surface area contributed by atoms with Crippen LogP contribution in [0.5, 0.6) is 5.75 Å². The molecule has 0 fully saturated rings.